The van der Waals surface area contributed by atoms with Crippen molar-refractivity contribution in [3.05, 3.63) is 70.3 Å². The van der Waals surface area contributed by atoms with Gasteiger partial charge < -0.3 is 5.32 Å². The number of halogens is 2. The van der Waals surface area contributed by atoms with Crippen LogP contribution in [0.4, 0.5) is 5.69 Å². The van der Waals surface area contributed by atoms with Crippen LogP contribution in [0.1, 0.15) is 10.5 Å². The van der Waals surface area contributed by atoms with Gasteiger partial charge in [0.25, 0.3) is 5.91 Å². The Labute approximate surface area is 137 Å². The van der Waals surface area contributed by atoms with Crippen molar-refractivity contribution in [2.24, 2.45) is 0 Å². The molecular weight excluding hydrogens is 321 g/mol. The second-order valence-electron chi connectivity index (χ2n) is 4.63. The molecule has 0 saturated carbocycles. The average Bonchev–Trinajstić information content (AvgIpc) is 3.00. The topological polar surface area (TPSA) is 57.8 Å². The van der Waals surface area contributed by atoms with Crippen molar-refractivity contribution in [2.75, 3.05) is 5.32 Å². The molecule has 0 bridgehead atoms. The molecular formula is C16H11Cl2N3O. The van der Waals surface area contributed by atoms with E-state index in [0.717, 1.165) is 5.56 Å². The number of amides is 1. The third-order valence-electron chi connectivity index (χ3n) is 3.06. The molecule has 3 rings (SSSR count). The van der Waals surface area contributed by atoms with Gasteiger partial charge >= 0.3 is 0 Å². The van der Waals surface area contributed by atoms with E-state index in [1.807, 2.05) is 12.1 Å². The predicted octanol–water partition coefficient (Wildman–Crippen LogP) is 4.64. The van der Waals surface area contributed by atoms with E-state index < -0.39 is 0 Å². The number of hydrogen-bond donors (Lipinski definition) is 2. The van der Waals surface area contributed by atoms with Gasteiger partial charge in [0.1, 0.15) is 5.69 Å². The van der Waals surface area contributed by atoms with E-state index >= 15 is 0 Å². The van der Waals surface area contributed by atoms with Crippen LogP contribution in [0.15, 0.2) is 54.6 Å². The zero-order valence-electron chi connectivity index (χ0n) is 11.3. The lowest BCUT2D eigenvalue weighted by Gasteiger charge is -2.02. The Morgan fingerprint density at radius 3 is 2.18 bits per heavy atom. The molecule has 22 heavy (non-hydrogen) atoms. The lowest BCUT2D eigenvalue weighted by molar-refractivity contribution is 0.102. The monoisotopic (exact) mass is 331 g/mol. The zero-order chi connectivity index (χ0) is 15.5. The average molecular weight is 332 g/mol. The van der Waals surface area contributed by atoms with Gasteiger partial charge in [-0.1, -0.05) is 35.3 Å². The van der Waals surface area contributed by atoms with Gasteiger partial charge in [0.2, 0.25) is 0 Å². The summed E-state index contributed by atoms with van der Waals surface area (Å²) in [4.78, 5) is 12.2. The highest BCUT2D eigenvalue weighted by atomic mass is 35.5. The smallest absolute Gasteiger partial charge is 0.273 e. The van der Waals surface area contributed by atoms with E-state index in [1.54, 1.807) is 42.5 Å². The van der Waals surface area contributed by atoms with Gasteiger partial charge in [-0.25, -0.2) is 0 Å². The van der Waals surface area contributed by atoms with Crippen LogP contribution in [-0.4, -0.2) is 16.1 Å². The molecule has 0 aliphatic rings. The molecule has 0 aliphatic carbocycles. The van der Waals surface area contributed by atoms with Gasteiger partial charge in [-0.3, -0.25) is 9.89 Å². The SMILES string of the molecule is O=C(Nc1ccc(Cl)cc1)c1cc(-c2ccc(Cl)cc2)n[nH]1. The molecule has 110 valence electrons. The molecule has 1 amide bonds. The maximum absolute atomic E-state index is 12.2. The molecule has 6 heteroatoms. The minimum absolute atomic E-state index is 0.268. The van der Waals surface area contributed by atoms with Crippen molar-refractivity contribution >= 4 is 34.8 Å². The fourth-order valence-corrected chi connectivity index (χ4v) is 2.19. The summed E-state index contributed by atoms with van der Waals surface area (Å²) in [6.07, 6.45) is 0. The second-order valence-corrected chi connectivity index (χ2v) is 5.51. The molecule has 0 saturated heterocycles. The summed E-state index contributed by atoms with van der Waals surface area (Å²) < 4.78 is 0. The fraction of sp³-hybridized carbons (Fsp3) is 0. The summed E-state index contributed by atoms with van der Waals surface area (Å²) in [5.74, 6) is -0.268. The minimum Gasteiger partial charge on any atom is -0.321 e. The van der Waals surface area contributed by atoms with Crippen LogP contribution in [0.3, 0.4) is 0 Å². The van der Waals surface area contributed by atoms with Gasteiger partial charge in [-0.05, 0) is 42.5 Å². The van der Waals surface area contributed by atoms with Crippen LogP contribution in [-0.2, 0) is 0 Å². The lowest BCUT2D eigenvalue weighted by Crippen LogP contribution is -2.12. The standard InChI is InChI=1S/C16H11Cl2N3O/c17-11-3-1-10(2-4-11)14-9-15(21-20-14)16(22)19-13-7-5-12(18)6-8-13/h1-9H,(H,19,22)(H,20,21). The molecule has 4 nitrogen and oxygen atoms in total. The summed E-state index contributed by atoms with van der Waals surface area (Å²) in [7, 11) is 0. The molecule has 0 fully saturated rings. The van der Waals surface area contributed by atoms with Crippen molar-refractivity contribution in [1.82, 2.24) is 10.2 Å². The molecule has 1 heterocycles. The largest absolute Gasteiger partial charge is 0.321 e. The van der Waals surface area contributed by atoms with Crippen LogP contribution < -0.4 is 5.32 Å². The van der Waals surface area contributed by atoms with Crippen LogP contribution in [0.25, 0.3) is 11.3 Å². The van der Waals surface area contributed by atoms with Gasteiger partial charge in [0.15, 0.2) is 0 Å². The number of rotatable bonds is 3. The van der Waals surface area contributed by atoms with Gasteiger partial charge in [0.05, 0.1) is 5.69 Å². The molecule has 1 aromatic heterocycles. The predicted molar refractivity (Wildman–Crippen MR) is 88.4 cm³/mol. The van der Waals surface area contributed by atoms with Gasteiger partial charge in [-0.2, -0.15) is 5.10 Å². The third kappa shape index (κ3) is 3.30. The highest BCUT2D eigenvalue weighted by Crippen LogP contribution is 2.21. The van der Waals surface area contributed by atoms with E-state index in [-0.39, 0.29) is 5.91 Å². The van der Waals surface area contributed by atoms with Crippen LogP contribution in [0.2, 0.25) is 10.0 Å². The Morgan fingerprint density at radius 2 is 1.55 bits per heavy atom. The molecule has 0 radical (unpaired) electrons. The summed E-state index contributed by atoms with van der Waals surface area (Å²) in [5, 5.41) is 10.9. The van der Waals surface area contributed by atoms with Crippen molar-refractivity contribution in [2.45, 2.75) is 0 Å². The number of nitrogens with zero attached hydrogens (tertiary/aromatic N) is 1. The Kier molecular flexibility index (Phi) is 4.13. The first kappa shape index (κ1) is 14.6. The summed E-state index contributed by atoms with van der Waals surface area (Å²) in [6, 6.07) is 15.8. The maximum atomic E-state index is 12.2. The summed E-state index contributed by atoms with van der Waals surface area (Å²) >= 11 is 11.7. The number of aromatic nitrogens is 2. The Hall–Kier alpha value is -2.30. The normalized spacial score (nSPS) is 10.5. The van der Waals surface area contributed by atoms with E-state index in [4.69, 9.17) is 23.2 Å². The first-order chi connectivity index (χ1) is 10.6. The Morgan fingerprint density at radius 1 is 0.955 bits per heavy atom. The summed E-state index contributed by atoms with van der Waals surface area (Å²) in [5.41, 5.74) is 2.60. The number of carbonyl (C=O) groups is 1. The zero-order valence-corrected chi connectivity index (χ0v) is 12.8. The number of benzene rings is 2. The Bertz CT molecular complexity index is 795. The number of H-pyrrole nitrogens is 1. The van der Waals surface area contributed by atoms with Crippen molar-refractivity contribution in [1.29, 1.82) is 0 Å². The van der Waals surface area contributed by atoms with E-state index in [1.165, 1.54) is 0 Å². The van der Waals surface area contributed by atoms with E-state index in [9.17, 15) is 4.79 Å². The second kappa shape index (κ2) is 6.22. The maximum Gasteiger partial charge on any atom is 0.273 e. The lowest BCUT2D eigenvalue weighted by atomic mass is 10.1. The highest BCUT2D eigenvalue weighted by molar-refractivity contribution is 6.31. The number of carbonyl (C=O) groups excluding carboxylic acids is 1. The fourth-order valence-electron chi connectivity index (χ4n) is 1.94. The number of hydrogen-bond acceptors (Lipinski definition) is 2. The first-order valence-electron chi connectivity index (χ1n) is 6.50. The van der Waals surface area contributed by atoms with E-state index in [0.29, 0.717) is 27.1 Å². The van der Waals surface area contributed by atoms with E-state index in [2.05, 4.69) is 15.5 Å². The van der Waals surface area contributed by atoms with Gasteiger partial charge in [-0.15, -0.1) is 0 Å². The number of aromatic amines is 1. The molecule has 0 spiro atoms. The number of nitrogens with one attached hydrogen (secondary N) is 2. The molecule has 0 atom stereocenters. The molecule has 0 aliphatic heterocycles. The third-order valence-corrected chi connectivity index (χ3v) is 3.57. The van der Waals surface area contributed by atoms with Gasteiger partial charge in [0, 0.05) is 21.3 Å². The van der Waals surface area contributed by atoms with Crippen LogP contribution >= 0.6 is 23.2 Å². The molecule has 0 unspecified atom stereocenters. The van der Waals surface area contributed by atoms with Crippen LogP contribution in [0.5, 0.6) is 0 Å². The highest BCUT2D eigenvalue weighted by Gasteiger charge is 2.11. The van der Waals surface area contributed by atoms with Crippen molar-refractivity contribution < 1.29 is 4.79 Å². The van der Waals surface area contributed by atoms with Crippen molar-refractivity contribution in [3.8, 4) is 11.3 Å². The Balaban J connectivity index is 1.76. The quantitative estimate of drug-likeness (QED) is 0.734. The summed E-state index contributed by atoms with van der Waals surface area (Å²) in [6.45, 7) is 0. The molecule has 2 aromatic carbocycles. The molecule has 2 N–H and O–H groups in total. The molecule has 3 aromatic rings. The van der Waals surface area contributed by atoms with Crippen molar-refractivity contribution in [3.63, 3.8) is 0 Å². The first-order valence-corrected chi connectivity index (χ1v) is 7.26. The number of anilines is 1. The van der Waals surface area contributed by atoms with Crippen LogP contribution in [0, 0.1) is 0 Å². The minimum atomic E-state index is -0.268.